The van der Waals surface area contributed by atoms with Crippen LogP contribution in [0.1, 0.15) is 31.3 Å². The Morgan fingerprint density at radius 1 is 1.26 bits per heavy atom. The molecule has 0 fully saturated rings. The number of anilines is 1. The topological polar surface area (TPSA) is 69.0 Å². The molecule has 0 aliphatic rings. The van der Waals surface area contributed by atoms with Crippen molar-refractivity contribution in [2.45, 2.75) is 31.5 Å². The van der Waals surface area contributed by atoms with E-state index in [4.69, 9.17) is 4.74 Å². The minimum Gasteiger partial charge on any atom is -0.483 e. The van der Waals surface area contributed by atoms with E-state index in [-0.39, 0.29) is 22.0 Å². The van der Waals surface area contributed by atoms with Crippen LogP contribution in [-0.2, 0) is 18.3 Å². The summed E-state index contributed by atoms with van der Waals surface area (Å²) in [5.41, 5.74) is 1.12. The lowest BCUT2D eigenvalue weighted by atomic mass is 10.2. The van der Waals surface area contributed by atoms with Gasteiger partial charge in [-0.15, -0.1) is 10.2 Å². The van der Waals surface area contributed by atoms with Gasteiger partial charge in [0.1, 0.15) is 11.6 Å². The molecule has 2 aromatic carbocycles. The van der Waals surface area contributed by atoms with Crippen LogP contribution in [0, 0.1) is 11.6 Å². The highest BCUT2D eigenvalue weighted by atomic mass is 79.9. The SMILES string of the molecule is CCc1ccc(OC(C)c2nnc(SCC(=O)Nc3c(F)cc(F)cc3Br)n2C)cc1. The number of ether oxygens (including phenoxy) is 1. The fraction of sp³-hybridized carbons (Fsp3) is 0.286. The van der Waals surface area contributed by atoms with Gasteiger partial charge in [0.2, 0.25) is 5.91 Å². The monoisotopic (exact) mass is 510 g/mol. The molecule has 1 atom stereocenters. The average molecular weight is 511 g/mol. The van der Waals surface area contributed by atoms with Gasteiger partial charge in [-0.1, -0.05) is 30.8 Å². The van der Waals surface area contributed by atoms with E-state index in [1.165, 1.54) is 5.56 Å². The smallest absolute Gasteiger partial charge is 0.234 e. The normalized spacial score (nSPS) is 11.9. The minimum atomic E-state index is -0.857. The molecule has 0 radical (unpaired) electrons. The number of nitrogens with one attached hydrogen (secondary N) is 1. The van der Waals surface area contributed by atoms with E-state index in [1.807, 2.05) is 31.2 Å². The van der Waals surface area contributed by atoms with Gasteiger partial charge in [-0.2, -0.15) is 0 Å². The summed E-state index contributed by atoms with van der Waals surface area (Å²) >= 11 is 4.20. The highest BCUT2D eigenvalue weighted by Gasteiger charge is 2.19. The van der Waals surface area contributed by atoms with Crippen LogP contribution in [0.15, 0.2) is 46.0 Å². The Hall–Kier alpha value is -2.46. The Labute approximate surface area is 191 Å². The molecule has 1 amide bonds. The second kappa shape index (κ2) is 10.2. The number of nitrogens with zero attached hydrogens (tertiary/aromatic N) is 3. The maximum absolute atomic E-state index is 13.9. The van der Waals surface area contributed by atoms with Crippen molar-refractivity contribution in [2.75, 3.05) is 11.1 Å². The number of amides is 1. The van der Waals surface area contributed by atoms with Crippen molar-refractivity contribution in [3.8, 4) is 5.75 Å². The number of hydrogen-bond acceptors (Lipinski definition) is 5. The first-order valence-electron chi connectivity index (χ1n) is 9.50. The number of aromatic nitrogens is 3. The number of carbonyl (C=O) groups is 1. The Morgan fingerprint density at radius 2 is 1.97 bits per heavy atom. The predicted octanol–water partition coefficient (Wildman–Crippen LogP) is 5.29. The summed E-state index contributed by atoms with van der Waals surface area (Å²) in [4.78, 5) is 12.2. The molecule has 0 aliphatic heterocycles. The summed E-state index contributed by atoms with van der Waals surface area (Å²) in [7, 11) is 1.78. The first-order valence-corrected chi connectivity index (χ1v) is 11.3. The van der Waals surface area contributed by atoms with Gasteiger partial charge in [0.25, 0.3) is 0 Å². The first kappa shape index (κ1) is 23.2. The minimum absolute atomic E-state index is 0.0249. The van der Waals surface area contributed by atoms with Crippen molar-refractivity contribution in [1.82, 2.24) is 14.8 Å². The van der Waals surface area contributed by atoms with Gasteiger partial charge in [0.05, 0.1) is 11.4 Å². The molecular formula is C21H21BrF2N4O2S. The standard InChI is InChI=1S/C21H21BrF2N4O2S/c1-4-13-5-7-15(8-6-13)30-12(2)20-26-27-21(28(20)3)31-11-18(29)25-19-16(22)9-14(23)10-17(19)24/h5-10,12H,4,11H2,1-3H3,(H,25,29). The van der Waals surface area contributed by atoms with Crippen LogP contribution in [0.3, 0.4) is 0 Å². The lowest BCUT2D eigenvalue weighted by molar-refractivity contribution is -0.113. The molecule has 1 unspecified atom stereocenters. The number of halogens is 3. The molecular weight excluding hydrogens is 490 g/mol. The average Bonchev–Trinajstić information content (AvgIpc) is 3.10. The van der Waals surface area contributed by atoms with E-state index in [1.54, 1.807) is 11.6 Å². The van der Waals surface area contributed by atoms with Crippen LogP contribution in [0.4, 0.5) is 14.5 Å². The van der Waals surface area contributed by atoms with Crippen molar-refractivity contribution in [3.05, 3.63) is 63.9 Å². The second-order valence-corrected chi connectivity index (χ2v) is 8.54. The molecule has 0 saturated heterocycles. The second-order valence-electron chi connectivity index (χ2n) is 6.74. The Bertz CT molecular complexity index is 1050. The Kier molecular flexibility index (Phi) is 7.66. The van der Waals surface area contributed by atoms with Gasteiger partial charge in [0, 0.05) is 17.6 Å². The maximum Gasteiger partial charge on any atom is 0.234 e. The summed E-state index contributed by atoms with van der Waals surface area (Å²) in [5.74, 6) is -0.739. The molecule has 31 heavy (non-hydrogen) atoms. The molecule has 0 spiro atoms. The molecule has 3 aromatic rings. The van der Waals surface area contributed by atoms with Gasteiger partial charge in [0.15, 0.2) is 22.9 Å². The van der Waals surface area contributed by atoms with Gasteiger partial charge >= 0.3 is 0 Å². The largest absolute Gasteiger partial charge is 0.483 e. The molecule has 1 N–H and O–H groups in total. The lowest BCUT2D eigenvalue weighted by Crippen LogP contribution is -2.16. The fourth-order valence-electron chi connectivity index (χ4n) is 2.83. The molecule has 3 rings (SSSR count). The van der Waals surface area contributed by atoms with Crippen LogP contribution in [-0.4, -0.2) is 26.4 Å². The molecule has 0 aliphatic carbocycles. The van der Waals surface area contributed by atoms with E-state index in [2.05, 4.69) is 38.4 Å². The number of thioether (sulfide) groups is 1. The summed E-state index contributed by atoms with van der Waals surface area (Å²) in [5, 5.41) is 11.2. The van der Waals surface area contributed by atoms with Crippen LogP contribution >= 0.6 is 27.7 Å². The third kappa shape index (κ3) is 5.82. The van der Waals surface area contributed by atoms with Crippen molar-refractivity contribution in [2.24, 2.45) is 7.05 Å². The van der Waals surface area contributed by atoms with Crippen molar-refractivity contribution < 1.29 is 18.3 Å². The van der Waals surface area contributed by atoms with Crippen molar-refractivity contribution >= 4 is 39.3 Å². The zero-order valence-electron chi connectivity index (χ0n) is 17.2. The Morgan fingerprint density at radius 3 is 2.61 bits per heavy atom. The molecule has 0 saturated carbocycles. The molecule has 164 valence electrons. The van der Waals surface area contributed by atoms with Gasteiger partial charge in [-0.25, -0.2) is 8.78 Å². The first-order chi connectivity index (χ1) is 14.8. The number of carbonyl (C=O) groups excluding carboxylic acids is 1. The lowest BCUT2D eigenvalue weighted by Gasteiger charge is -2.14. The number of aryl methyl sites for hydroxylation is 1. The van der Waals surface area contributed by atoms with Crippen molar-refractivity contribution in [3.63, 3.8) is 0 Å². The van der Waals surface area contributed by atoms with E-state index in [0.29, 0.717) is 17.0 Å². The summed E-state index contributed by atoms with van der Waals surface area (Å²) in [6, 6.07) is 9.65. The molecule has 6 nitrogen and oxygen atoms in total. The zero-order valence-corrected chi connectivity index (χ0v) is 19.6. The third-order valence-corrected chi connectivity index (χ3v) is 6.13. The summed E-state index contributed by atoms with van der Waals surface area (Å²) < 4.78 is 34.9. The Balaban J connectivity index is 1.60. The van der Waals surface area contributed by atoms with Crippen LogP contribution in [0.2, 0.25) is 0 Å². The zero-order chi connectivity index (χ0) is 22.5. The number of rotatable bonds is 8. The molecule has 0 bridgehead atoms. The third-order valence-electron chi connectivity index (χ3n) is 4.48. The highest BCUT2D eigenvalue weighted by molar-refractivity contribution is 9.10. The van der Waals surface area contributed by atoms with Crippen LogP contribution < -0.4 is 10.1 Å². The van der Waals surface area contributed by atoms with Crippen LogP contribution in [0.5, 0.6) is 5.75 Å². The highest BCUT2D eigenvalue weighted by Crippen LogP contribution is 2.28. The predicted molar refractivity (Wildman–Crippen MR) is 119 cm³/mol. The van der Waals surface area contributed by atoms with Crippen molar-refractivity contribution in [1.29, 1.82) is 0 Å². The maximum atomic E-state index is 13.9. The number of hydrogen-bond donors (Lipinski definition) is 1. The van der Waals surface area contributed by atoms with Gasteiger partial charge < -0.3 is 14.6 Å². The molecule has 1 heterocycles. The van der Waals surface area contributed by atoms with E-state index in [0.717, 1.165) is 30.0 Å². The number of benzene rings is 2. The van der Waals surface area contributed by atoms with Gasteiger partial charge in [-0.05, 0) is 53.0 Å². The summed E-state index contributed by atoms with van der Waals surface area (Å²) in [6.07, 6.45) is 0.607. The van der Waals surface area contributed by atoms with E-state index in [9.17, 15) is 13.6 Å². The van der Waals surface area contributed by atoms with E-state index < -0.39 is 17.5 Å². The quantitative estimate of drug-likeness (QED) is 0.417. The molecule has 10 heteroatoms. The van der Waals surface area contributed by atoms with E-state index >= 15 is 0 Å². The van der Waals surface area contributed by atoms with Crippen LogP contribution in [0.25, 0.3) is 0 Å². The van der Waals surface area contributed by atoms with Gasteiger partial charge in [-0.3, -0.25) is 4.79 Å². The summed E-state index contributed by atoms with van der Waals surface area (Å²) in [6.45, 7) is 3.96. The molecule has 1 aromatic heterocycles. The fourth-order valence-corrected chi connectivity index (χ4v) is 4.06.